The first-order valence-corrected chi connectivity index (χ1v) is 8.47. The molecule has 1 aliphatic heterocycles. The van der Waals surface area contributed by atoms with Crippen molar-refractivity contribution < 1.29 is 18.4 Å². The molecule has 0 saturated heterocycles. The molecule has 2 heterocycles. The molecule has 0 bridgehead atoms. The second-order valence-electron chi connectivity index (χ2n) is 6.25. The molecule has 4 rings (SSSR count). The highest BCUT2D eigenvalue weighted by molar-refractivity contribution is 5.44. The number of rotatable bonds is 5. The quantitative estimate of drug-likeness (QED) is 0.526. The van der Waals surface area contributed by atoms with Crippen molar-refractivity contribution in [2.45, 2.75) is 25.1 Å². The maximum atomic E-state index is 12.8. The van der Waals surface area contributed by atoms with E-state index < -0.39 is 17.6 Å². The average molecular weight is 387 g/mol. The first kappa shape index (κ1) is 17.8. The van der Waals surface area contributed by atoms with Crippen molar-refractivity contribution in [3.05, 3.63) is 76.1 Å². The molecule has 10 heteroatoms. The number of ether oxygens (including phenoxy) is 1. The molecule has 0 unspecified atom stereocenters. The van der Waals surface area contributed by atoms with Crippen LogP contribution in [0.15, 0.2) is 54.9 Å². The molecule has 3 aromatic rings. The highest BCUT2D eigenvalue weighted by Gasteiger charge is 2.32. The van der Waals surface area contributed by atoms with Gasteiger partial charge in [0.25, 0.3) is 5.69 Å². The maximum absolute atomic E-state index is 12.8. The SMILES string of the molecule is O=[N+]([O-])c1cccc([C@H]2C[C@H](c3ccccc3OC(F)F)n3ncnc3N2)c1. The van der Waals surface area contributed by atoms with E-state index in [2.05, 4.69) is 20.1 Å². The lowest BCUT2D eigenvalue weighted by Gasteiger charge is -2.32. The highest BCUT2D eigenvalue weighted by atomic mass is 19.3. The molecule has 2 atom stereocenters. The van der Waals surface area contributed by atoms with E-state index in [0.29, 0.717) is 23.5 Å². The molecule has 0 fully saturated rings. The normalized spacial score (nSPS) is 18.4. The highest BCUT2D eigenvalue weighted by Crippen LogP contribution is 2.41. The molecule has 0 aliphatic carbocycles. The van der Waals surface area contributed by atoms with Gasteiger partial charge in [0.15, 0.2) is 0 Å². The maximum Gasteiger partial charge on any atom is 0.387 e. The number of non-ortho nitro benzene ring substituents is 1. The summed E-state index contributed by atoms with van der Waals surface area (Å²) in [6, 6.07) is 12.1. The number of halogens is 2. The number of nitro groups is 1. The summed E-state index contributed by atoms with van der Waals surface area (Å²) < 4.78 is 31.9. The fourth-order valence-electron chi connectivity index (χ4n) is 3.41. The standard InChI is InChI=1S/C18H15F2N5O3/c19-17(20)28-16-7-2-1-6-13(16)15-9-14(23-18-21-10-22-24(15)18)11-4-3-5-12(8-11)25(26)27/h1-8,10,14-15,17H,9H2,(H,21,22,23)/t14-,15-/m1/s1. The Morgan fingerprint density at radius 3 is 2.86 bits per heavy atom. The van der Waals surface area contributed by atoms with Gasteiger partial charge in [-0.15, -0.1) is 0 Å². The van der Waals surface area contributed by atoms with E-state index in [4.69, 9.17) is 0 Å². The van der Waals surface area contributed by atoms with Gasteiger partial charge in [-0.2, -0.15) is 18.9 Å². The third kappa shape index (κ3) is 3.36. The topological polar surface area (TPSA) is 95.1 Å². The van der Waals surface area contributed by atoms with Gasteiger partial charge >= 0.3 is 6.61 Å². The number of aromatic nitrogens is 3. The number of hydrogen-bond donors (Lipinski definition) is 1. The number of alkyl halides is 2. The number of nitrogens with zero attached hydrogens (tertiary/aromatic N) is 4. The van der Waals surface area contributed by atoms with Crippen molar-refractivity contribution >= 4 is 11.6 Å². The molecule has 144 valence electrons. The summed E-state index contributed by atoms with van der Waals surface area (Å²) in [5.74, 6) is 0.503. The number of nitrogens with one attached hydrogen (secondary N) is 1. The molecular formula is C18H15F2N5O3. The number of anilines is 1. The number of hydrogen-bond acceptors (Lipinski definition) is 6. The summed E-state index contributed by atoms with van der Waals surface area (Å²) in [7, 11) is 0. The molecule has 1 aliphatic rings. The summed E-state index contributed by atoms with van der Waals surface area (Å²) in [6.07, 6.45) is 1.78. The molecule has 8 nitrogen and oxygen atoms in total. The zero-order valence-corrected chi connectivity index (χ0v) is 14.4. The van der Waals surface area contributed by atoms with Crippen LogP contribution in [-0.4, -0.2) is 26.3 Å². The van der Waals surface area contributed by atoms with Crippen molar-refractivity contribution in [1.29, 1.82) is 0 Å². The minimum atomic E-state index is -2.95. The third-order valence-electron chi connectivity index (χ3n) is 4.61. The summed E-state index contributed by atoms with van der Waals surface area (Å²) in [6.45, 7) is -2.95. The zero-order valence-electron chi connectivity index (χ0n) is 14.4. The van der Waals surface area contributed by atoms with Gasteiger partial charge < -0.3 is 10.1 Å². The van der Waals surface area contributed by atoms with Crippen molar-refractivity contribution in [2.24, 2.45) is 0 Å². The second kappa shape index (κ2) is 7.22. The Morgan fingerprint density at radius 2 is 2.07 bits per heavy atom. The molecule has 1 N–H and O–H groups in total. The fraction of sp³-hybridized carbons (Fsp3) is 0.222. The lowest BCUT2D eigenvalue weighted by atomic mass is 9.92. The Hall–Kier alpha value is -3.56. The predicted octanol–water partition coefficient (Wildman–Crippen LogP) is 3.93. The van der Waals surface area contributed by atoms with Gasteiger partial charge in [-0.25, -0.2) is 4.68 Å². The smallest absolute Gasteiger partial charge is 0.387 e. The summed E-state index contributed by atoms with van der Waals surface area (Å²) in [5.41, 5.74) is 1.21. The molecular weight excluding hydrogens is 372 g/mol. The van der Waals surface area contributed by atoms with Crippen LogP contribution >= 0.6 is 0 Å². The molecule has 0 amide bonds. The van der Waals surface area contributed by atoms with Gasteiger partial charge in [0, 0.05) is 17.7 Å². The Labute approximate surface area is 157 Å². The van der Waals surface area contributed by atoms with Crippen LogP contribution in [0.3, 0.4) is 0 Å². The van der Waals surface area contributed by atoms with Gasteiger partial charge in [0.2, 0.25) is 5.95 Å². The molecule has 0 saturated carbocycles. The second-order valence-corrected chi connectivity index (χ2v) is 6.25. The van der Waals surface area contributed by atoms with Crippen molar-refractivity contribution in [1.82, 2.24) is 14.8 Å². The van der Waals surface area contributed by atoms with E-state index in [9.17, 15) is 18.9 Å². The molecule has 0 spiro atoms. The largest absolute Gasteiger partial charge is 0.434 e. The molecule has 1 aromatic heterocycles. The summed E-state index contributed by atoms with van der Waals surface area (Å²) in [5, 5.41) is 18.5. The monoisotopic (exact) mass is 387 g/mol. The van der Waals surface area contributed by atoms with E-state index in [-0.39, 0.29) is 17.5 Å². The van der Waals surface area contributed by atoms with Crippen LogP contribution in [-0.2, 0) is 0 Å². The lowest BCUT2D eigenvalue weighted by molar-refractivity contribution is -0.384. The Kier molecular flexibility index (Phi) is 4.60. The first-order valence-electron chi connectivity index (χ1n) is 8.47. The van der Waals surface area contributed by atoms with Crippen molar-refractivity contribution in [3.63, 3.8) is 0 Å². The van der Waals surface area contributed by atoms with E-state index in [0.717, 1.165) is 0 Å². The average Bonchev–Trinajstić information content (AvgIpc) is 3.16. The van der Waals surface area contributed by atoms with Crippen LogP contribution in [0.5, 0.6) is 5.75 Å². The number of para-hydroxylation sites is 1. The van der Waals surface area contributed by atoms with Gasteiger partial charge in [-0.1, -0.05) is 30.3 Å². The fourth-order valence-corrected chi connectivity index (χ4v) is 3.41. The van der Waals surface area contributed by atoms with Crippen LogP contribution in [0.1, 0.15) is 29.6 Å². The Morgan fingerprint density at radius 1 is 1.25 bits per heavy atom. The van der Waals surface area contributed by atoms with E-state index in [1.165, 1.54) is 24.5 Å². The van der Waals surface area contributed by atoms with E-state index >= 15 is 0 Å². The summed E-state index contributed by atoms with van der Waals surface area (Å²) >= 11 is 0. The molecule has 28 heavy (non-hydrogen) atoms. The van der Waals surface area contributed by atoms with E-state index in [1.807, 2.05) is 0 Å². The number of benzene rings is 2. The zero-order chi connectivity index (χ0) is 19.7. The van der Waals surface area contributed by atoms with Crippen LogP contribution in [0.25, 0.3) is 0 Å². The summed E-state index contributed by atoms with van der Waals surface area (Å²) in [4.78, 5) is 14.8. The van der Waals surface area contributed by atoms with Crippen molar-refractivity contribution in [3.8, 4) is 5.75 Å². The Balaban J connectivity index is 1.74. The first-order chi connectivity index (χ1) is 13.5. The lowest BCUT2D eigenvalue weighted by Crippen LogP contribution is -2.28. The van der Waals surface area contributed by atoms with Crippen LogP contribution in [0.4, 0.5) is 20.4 Å². The number of fused-ring (bicyclic) bond motifs is 1. The van der Waals surface area contributed by atoms with Gasteiger partial charge in [-0.3, -0.25) is 10.1 Å². The van der Waals surface area contributed by atoms with Gasteiger partial charge in [0.1, 0.15) is 12.1 Å². The predicted molar refractivity (Wildman–Crippen MR) is 95.3 cm³/mol. The number of nitro benzene ring substituents is 1. The molecule has 0 radical (unpaired) electrons. The van der Waals surface area contributed by atoms with Crippen LogP contribution in [0, 0.1) is 10.1 Å². The van der Waals surface area contributed by atoms with Crippen molar-refractivity contribution in [2.75, 3.05) is 5.32 Å². The van der Waals surface area contributed by atoms with E-state index in [1.54, 1.807) is 35.0 Å². The Bertz CT molecular complexity index is 1010. The van der Waals surface area contributed by atoms with Gasteiger partial charge in [0.05, 0.1) is 17.0 Å². The third-order valence-corrected chi connectivity index (χ3v) is 4.61. The van der Waals surface area contributed by atoms with Gasteiger partial charge in [-0.05, 0) is 18.1 Å². The minimum absolute atomic E-state index is 0.0238. The van der Waals surface area contributed by atoms with Crippen LogP contribution in [0.2, 0.25) is 0 Å². The molecule has 2 aromatic carbocycles. The minimum Gasteiger partial charge on any atom is -0.434 e. The van der Waals surface area contributed by atoms with Crippen LogP contribution < -0.4 is 10.1 Å².